The number of ether oxygens (including phenoxy) is 1. The fourth-order valence-corrected chi connectivity index (χ4v) is 3.19. The number of furan rings is 1. The fraction of sp³-hybridized carbons (Fsp3) is 0.222. The molecule has 2 atom stereocenters. The lowest BCUT2D eigenvalue weighted by molar-refractivity contribution is -0.242. The van der Waals surface area contributed by atoms with E-state index in [1.165, 1.54) is 23.5 Å². The molecule has 0 bridgehead atoms. The summed E-state index contributed by atoms with van der Waals surface area (Å²) in [5.74, 6) is -2.04. The van der Waals surface area contributed by atoms with Crippen LogP contribution in [0.15, 0.2) is 47.1 Å². The number of hydroxylamine groups is 2. The Kier molecular flexibility index (Phi) is 3.65. The van der Waals surface area contributed by atoms with Crippen molar-refractivity contribution in [2.75, 3.05) is 6.54 Å². The zero-order chi connectivity index (χ0) is 17.6. The number of nitrogens with zero attached hydrogens (tertiary/aromatic N) is 1. The largest absolute Gasteiger partial charge is 0.464 e. The van der Waals surface area contributed by atoms with Gasteiger partial charge in [-0.3, -0.25) is 0 Å². The monoisotopic (exact) mass is 343 g/mol. The van der Waals surface area contributed by atoms with Crippen LogP contribution in [0.5, 0.6) is 0 Å². The molecule has 2 aromatic rings. The predicted octanol–water partition coefficient (Wildman–Crippen LogP) is 2.80. The quantitative estimate of drug-likeness (QED) is 0.742. The highest BCUT2D eigenvalue weighted by Gasteiger charge is 2.37. The van der Waals surface area contributed by atoms with Gasteiger partial charge in [0.05, 0.1) is 12.8 Å². The summed E-state index contributed by atoms with van der Waals surface area (Å²) in [6.45, 7) is 2.02. The van der Waals surface area contributed by atoms with E-state index in [0.717, 1.165) is 17.7 Å². The molecule has 128 valence electrons. The smallest absolute Gasteiger partial charge is 0.350 e. The Morgan fingerprint density at radius 2 is 2.00 bits per heavy atom. The van der Waals surface area contributed by atoms with Crippen LogP contribution in [0.4, 0.5) is 4.39 Å². The summed E-state index contributed by atoms with van der Waals surface area (Å²) in [6.07, 6.45) is 4.54. The number of esters is 1. The highest BCUT2D eigenvalue weighted by Crippen LogP contribution is 2.37. The van der Waals surface area contributed by atoms with E-state index < -0.39 is 18.2 Å². The lowest BCUT2D eigenvalue weighted by Crippen LogP contribution is -2.47. The van der Waals surface area contributed by atoms with E-state index in [4.69, 9.17) is 14.0 Å². The Hall–Kier alpha value is -2.93. The number of hydrogen-bond donors (Lipinski definition) is 0. The predicted molar refractivity (Wildman–Crippen MR) is 85.1 cm³/mol. The molecular formula is C18H14FNO5. The first kappa shape index (κ1) is 15.6. The molecular weight excluding hydrogens is 329 g/mol. The number of fused-ring (bicyclic) bond motifs is 2. The second kappa shape index (κ2) is 5.86. The number of rotatable bonds is 1. The van der Waals surface area contributed by atoms with Crippen molar-refractivity contribution in [2.24, 2.45) is 5.92 Å². The van der Waals surface area contributed by atoms with Crippen LogP contribution in [-0.4, -0.2) is 29.8 Å². The molecule has 0 saturated carbocycles. The summed E-state index contributed by atoms with van der Waals surface area (Å²) in [7, 11) is 0. The maximum Gasteiger partial charge on any atom is 0.350 e. The molecule has 0 aliphatic carbocycles. The van der Waals surface area contributed by atoms with Crippen molar-refractivity contribution in [3.63, 3.8) is 0 Å². The Morgan fingerprint density at radius 1 is 1.20 bits per heavy atom. The van der Waals surface area contributed by atoms with E-state index in [2.05, 4.69) is 0 Å². The van der Waals surface area contributed by atoms with E-state index in [0.29, 0.717) is 16.5 Å². The lowest BCUT2D eigenvalue weighted by atomic mass is 9.88. The van der Waals surface area contributed by atoms with Crippen molar-refractivity contribution in [1.82, 2.24) is 5.06 Å². The molecule has 7 heteroatoms. The molecule has 2 aliphatic heterocycles. The van der Waals surface area contributed by atoms with Crippen LogP contribution >= 0.6 is 0 Å². The van der Waals surface area contributed by atoms with Gasteiger partial charge in [-0.15, -0.1) is 0 Å². The van der Waals surface area contributed by atoms with Crippen LogP contribution in [0.3, 0.4) is 0 Å². The molecule has 4 rings (SSSR count). The van der Waals surface area contributed by atoms with E-state index >= 15 is 0 Å². The third-order valence-corrected chi connectivity index (χ3v) is 4.32. The van der Waals surface area contributed by atoms with E-state index in [1.54, 1.807) is 6.07 Å². The Bertz CT molecular complexity index is 929. The summed E-state index contributed by atoms with van der Waals surface area (Å²) >= 11 is 0. The number of hydrogen-bond acceptors (Lipinski definition) is 6. The van der Waals surface area contributed by atoms with Gasteiger partial charge in [0.15, 0.2) is 6.23 Å². The molecule has 6 nitrogen and oxygen atoms in total. The molecule has 0 amide bonds. The van der Waals surface area contributed by atoms with Crippen LogP contribution in [0.2, 0.25) is 0 Å². The second-order valence-electron chi connectivity index (χ2n) is 5.91. The fourth-order valence-electron chi connectivity index (χ4n) is 3.19. The van der Waals surface area contributed by atoms with E-state index in [-0.39, 0.29) is 18.3 Å². The van der Waals surface area contributed by atoms with Gasteiger partial charge in [0.25, 0.3) is 0 Å². The number of halogens is 1. The standard InChI is InChI=1S/C18H14FNO5/c1-10-13(14-9-12(19)8-11-5-7-23-17(11)14)4-6-20-18(10)24-15(21)2-3-16(22)25-20/h2-5,7-10,18H,6H2,1H3/b3-2+. The molecule has 2 aliphatic rings. The van der Waals surface area contributed by atoms with Crippen LogP contribution in [0, 0.1) is 11.7 Å². The van der Waals surface area contributed by atoms with E-state index in [1.807, 2.05) is 13.0 Å². The number of carbonyl (C=O) groups excluding carboxylic acids is 2. The van der Waals surface area contributed by atoms with Gasteiger partial charge in [0.1, 0.15) is 11.4 Å². The average molecular weight is 343 g/mol. The maximum atomic E-state index is 14.0. The van der Waals surface area contributed by atoms with Gasteiger partial charge in [-0.1, -0.05) is 18.1 Å². The third kappa shape index (κ3) is 2.72. The van der Waals surface area contributed by atoms with Gasteiger partial charge in [0.2, 0.25) is 0 Å². The van der Waals surface area contributed by atoms with Gasteiger partial charge in [-0.25, -0.2) is 14.0 Å². The topological polar surface area (TPSA) is 69.0 Å². The molecule has 0 spiro atoms. The van der Waals surface area contributed by atoms with Gasteiger partial charge >= 0.3 is 11.9 Å². The van der Waals surface area contributed by atoms with Crippen LogP contribution in [0.1, 0.15) is 12.5 Å². The number of carbonyl (C=O) groups is 2. The van der Waals surface area contributed by atoms with Gasteiger partial charge in [-0.2, -0.15) is 0 Å². The molecule has 0 saturated heterocycles. The first-order chi connectivity index (χ1) is 12.0. The Labute approximate surface area is 142 Å². The highest BCUT2D eigenvalue weighted by molar-refractivity contribution is 5.93. The summed E-state index contributed by atoms with van der Waals surface area (Å²) in [6, 6.07) is 4.47. The molecule has 0 radical (unpaired) electrons. The maximum absolute atomic E-state index is 14.0. The minimum atomic E-state index is -0.810. The molecule has 25 heavy (non-hydrogen) atoms. The van der Waals surface area contributed by atoms with Crippen molar-refractivity contribution >= 4 is 28.5 Å². The van der Waals surface area contributed by atoms with Crippen LogP contribution in [-0.2, 0) is 19.2 Å². The summed E-state index contributed by atoms with van der Waals surface area (Å²) in [5.41, 5.74) is 1.91. The highest BCUT2D eigenvalue weighted by atomic mass is 19.1. The van der Waals surface area contributed by atoms with Crippen molar-refractivity contribution in [3.05, 3.63) is 54.1 Å². The van der Waals surface area contributed by atoms with Crippen molar-refractivity contribution in [3.8, 4) is 0 Å². The average Bonchev–Trinajstić information content (AvgIpc) is 3.02. The van der Waals surface area contributed by atoms with Gasteiger partial charge < -0.3 is 14.0 Å². The zero-order valence-corrected chi connectivity index (χ0v) is 13.3. The summed E-state index contributed by atoms with van der Waals surface area (Å²) in [5, 5.41) is 1.95. The first-order valence-electron chi connectivity index (χ1n) is 7.77. The first-order valence-corrected chi connectivity index (χ1v) is 7.77. The van der Waals surface area contributed by atoms with Crippen molar-refractivity contribution < 1.29 is 28.0 Å². The molecule has 2 unspecified atom stereocenters. The van der Waals surface area contributed by atoms with Gasteiger partial charge in [-0.05, 0) is 23.8 Å². The molecule has 1 aromatic heterocycles. The minimum absolute atomic E-state index is 0.204. The lowest BCUT2D eigenvalue weighted by Gasteiger charge is -2.37. The van der Waals surface area contributed by atoms with E-state index in [9.17, 15) is 14.0 Å². The molecule has 0 fully saturated rings. The zero-order valence-electron chi connectivity index (χ0n) is 13.3. The van der Waals surface area contributed by atoms with Crippen molar-refractivity contribution in [1.29, 1.82) is 0 Å². The Balaban J connectivity index is 1.77. The summed E-state index contributed by atoms with van der Waals surface area (Å²) < 4.78 is 24.9. The normalized spacial score (nSPS) is 25.4. The second-order valence-corrected chi connectivity index (χ2v) is 5.91. The Morgan fingerprint density at radius 3 is 2.84 bits per heavy atom. The van der Waals surface area contributed by atoms with Crippen molar-refractivity contribution in [2.45, 2.75) is 13.2 Å². The minimum Gasteiger partial charge on any atom is -0.464 e. The van der Waals surface area contributed by atoms with Gasteiger partial charge in [0, 0.05) is 29.0 Å². The number of benzene rings is 1. The SMILES string of the molecule is CC1C(c2cc(F)cc3ccoc23)=CCN2OC(=O)/C=C/C(=O)OC12. The van der Waals surface area contributed by atoms with Crippen LogP contribution < -0.4 is 0 Å². The molecule has 0 N–H and O–H groups in total. The third-order valence-electron chi connectivity index (χ3n) is 4.32. The molecule has 3 heterocycles. The molecule has 1 aromatic carbocycles. The summed E-state index contributed by atoms with van der Waals surface area (Å²) in [4.78, 5) is 28.6. The van der Waals surface area contributed by atoms with Crippen LogP contribution in [0.25, 0.3) is 16.5 Å².